The monoisotopic (exact) mass is 233 g/mol. The molecular weight excluding hydrogens is 214 g/mol. The van der Waals surface area contributed by atoms with Crippen molar-refractivity contribution in [1.29, 1.82) is 0 Å². The van der Waals surface area contributed by atoms with Crippen LogP contribution in [0.2, 0.25) is 0 Å². The summed E-state index contributed by atoms with van der Waals surface area (Å²) in [5.74, 6) is 0.0252. The lowest BCUT2D eigenvalue weighted by Crippen LogP contribution is -2.51. The molecule has 1 fully saturated rings. The molecule has 3 nitrogen and oxygen atoms in total. The molecule has 0 spiro atoms. The smallest absolute Gasteiger partial charge is 0.226 e. The van der Waals surface area contributed by atoms with Crippen LogP contribution in [0.4, 0.5) is 0 Å². The number of alkyl halides is 1. The molecule has 0 saturated carbocycles. The molecule has 1 amide bonds. The van der Waals surface area contributed by atoms with Gasteiger partial charge in [0.25, 0.3) is 0 Å². The van der Waals surface area contributed by atoms with E-state index in [1.165, 1.54) is 0 Å². The van der Waals surface area contributed by atoms with Gasteiger partial charge in [-0.25, -0.2) is 0 Å². The van der Waals surface area contributed by atoms with Gasteiger partial charge in [-0.05, 0) is 34.1 Å². The van der Waals surface area contributed by atoms with E-state index in [1.807, 2.05) is 27.7 Å². The SMILES string of the molecule is CC1OCCC1C(=O)NC(C)(C)C(C)Cl. The van der Waals surface area contributed by atoms with E-state index >= 15 is 0 Å². The molecule has 0 aromatic heterocycles. The summed E-state index contributed by atoms with van der Waals surface area (Å²) in [5.41, 5.74) is -0.374. The molecule has 1 saturated heterocycles. The first-order chi connectivity index (χ1) is 6.84. The van der Waals surface area contributed by atoms with Crippen molar-refractivity contribution in [2.45, 2.75) is 51.1 Å². The van der Waals surface area contributed by atoms with Gasteiger partial charge in [0.2, 0.25) is 5.91 Å². The Balaban J connectivity index is 2.55. The summed E-state index contributed by atoms with van der Waals surface area (Å²) in [7, 11) is 0. The van der Waals surface area contributed by atoms with Crippen molar-refractivity contribution < 1.29 is 9.53 Å². The van der Waals surface area contributed by atoms with E-state index in [2.05, 4.69) is 5.32 Å². The van der Waals surface area contributed by atoms with E-state index in [-0.39, 0.29) is 28.8 Å². The summed E-state index contributed by atoms with van der Waals surface area (Å²) < 4.78 is 5.37. The van der Waals surface area contributed by atoms with Crippen LogP contribution in [0.3, 0.4) is 0 Å². The Hall–Kier alpha value is -0.280. The fourth-order valence-electron chi connectivity index (χ4n) is 1.59. The second-order valence-corrected chi connectivity index (χ2v) is 5.45. The highest BCUT2D eigenvalue weighted by Gasteiger charge is 2.34. The first kappa shape index (κ1) is 12.8. The van der Waals surface area contributed by atoms with Crippen LogP contribution < -0.4 is 5.32 Å². The Morgan fingerprint density at radius 1 is 1.60 bits per heavy atom. The molecular formula is C11H20ClNO2. The minimum absolute atomic E-state index is 0.0198. The van der Waals surface area contributed by atoms with Crippen LogP contribution in [0.1, 0.15) is 34.1 Å². The molecule has 4 heteroatoms. The van der Waals surface area contributed by atoms with Crippen LogP contribution in [0.25, 0.3) is 0 Å². The lowest BCUT2D eigenvalue weighted by molar-refractivity contribution is -0.128. The van der Waals surface area contributed by atoms with Crippen LogP contribution in [-0.4, -0.2) is 29.5 Å². The zero-order valence-corrected chi connectivity index (χ0v) is 10.6. The molecule has 3 unspecified atom stereocenters. The molecule has 1 heterocycles. The van der Waals surface area contributed by atoms with Gasteiger partial charge in [0.15, 0.2) is 0 Å². The van der Waals surface area contributed by atoms with E-state index in [0.29, 0.717) is 6.61 Å². The summed E-state index contributed by atoms with van der Waals surface area (Å²) in [4.78, 5) is 11.9. The van der Waals surface area contributed by atoms with Crippen molar-refractivity contribution in [2.75, 3.05) is 6.61 Å². The Bertz CT molecular complexity index is 241. The minimum atomic E-state index is -0.374. The molecule has 1 N–H and O–H groups in total. The number of hydrogen-bond donors (Lipinski definition) is 1. The van der Waals surface area contributed by atoms with Gasteiger partial charge < -0.3 is 10.1 Å². The molecule has 0 aliphatic carbocycles. The normalized spacial score (nSPS) is 28.9. The van der Waals surface area contributed by atoms with Gasteiger partial charge in [0, 0.05) is 6.61 Å². The van der Waals surface area contributed by atoms with E-state index in [1.54, 1.807) is 0 Å². The molecule has 1 rings (SSSR count). The molecule has 0 aromatic rings. The highest BCUT2D eigenvalue weighted by Crippen LogP contribution is 2.23. The number of rotatable bonds is 3. The van der Waals surface area contributed by atoms with Crippen LogP contribution in [-0.2, 0) is 9.53 Å². The van der Waals surface area contributed by atoms with Crippen LogP contribution in [0.5, 0.6) is 0 Å². The number of ether oxygens (including phenoxy) is 1. The van der Waals surface area contributed by atoms with Crippen LogP contribution >= 0.6 is 11.6 Å². The molecule has 15 heavy (non-hydrogen) atoms. The third kappa shape index (κ3) is 3.08. The van der Waals surface area contributed by atoms with Gasteiger partial charge in [0.1, 0.15) is 0 Å². The minimum Gasteiger partial charge on any atom is -0.378 e. The number of carbonyl (C=O) groups is 1. The second kappa shape index (κ2) is 4.71. The zero-order valence-electron chi connectivity index (χ0n) is 9.84. The maximum Gasteiger partial charge on any atom is 0.226 e. The summed E-state index contributed by atoms with van der Waals surface area (Å²) in [5, 5.41) is 2.88. The Kier molecular flexibility index (Phi) is 4.01. The summed E-state index contributed by atoms with van der Waals surface area (Å²) in [6.45, 7) is 8.37. The molecule has 1 aliphatic rings. The molecule has 0 aromatic carbocycles. The Labute approximate surface area is 96.5 Å². The van der Waals surface area contributed by atoms with Crippen molar-refractivity contribution in [2.24, 2.45) is 5.92 Å². The number of halogens is 1. The molecule has 0 bridgehead atoms. The summed E-state index contributed by atoms with van der Waals surface area (Å²) >= 11 is 6.01. The zero-order chi connectivity index (χ0) is 11.6. The number of carbonyl (C=O) groups excluding carboxylic acids is 1. The Morgan fingerprint density at radius 2 is 2.20 bits per heavy atom. The molecule has 3 atom stereocenters. The molecule has 0 radical (unpaired) electrons. The number of nitrogens with one attached hydrogen (secondary N) is 1. The van der Waals surface area contributed by atoms with Crippen molar-refractivity contribution in [3.63, 3.8) is 0 Å². The fourth-order valence-corrected chi connectivity index (χ4v) is 1.64. The van der Waals surface area contributed by atoms with Gasteiger partial charge in [-0.15, -0.1) is 11.6 Å². The average Bonchev–Trinajstić information content (AvgIpc) is 2.50. The van der Waals surface area contributed by atoms with Crippen molar-refractivity contribution in [3.05, 3.63) is 0 Å². The number of hydrogen-bond acceptors (Lipinski definition) is 2. The van der Waals surface area contributed by atoms with E-state index in [9.17, 15) is 4.79 Å². The Morgan fingerprint density at radius 3 is 2.60 bits per heavy atom. The van der Waals surface area contributed by atoms with E-state index in [4.69, 9.17) is 16.3 Å². The predicted octanol–water partition coefficient (Wildman–Crippen LogP) is 1.93. The summed E-state index contributed by atoms with van der Waals surface area (Å²) in [6.07, 6.45) is 0.825. The topological polar surface area (TPSA) is 38.3 Å². The third-order valence-electron chi connectivity index (χ3n) is 3.15. The third-order valence-corrected chi connectivity index (χ3v) is 3.70. The van der Waals surface area contributed by atoms with Crippen molar-refractivity contribution >= 4 is 17.5 Å². The fraction of sp³-hybridized carbons (Fsp3) is 0.909. The van der Waals surface area contributed by atoms with Gasteiger partial charge in [0.05, 0.1) is 22.9 Å². The first-order valence-electron chi connectivity index (χ1n) is 5.42. The molecule has 88 valence electrons. The predicted molar refractivity (Wildman–Crippen MR) is 61.1 cm³/mol. The average molecular weight is 234 g/mol. The van der Waals surface area contributed by atoms with Gasteiger partial charge in [-0.1, -0.05) is 0 Å². The van der Waals surface area contributed by atoms with Crippen molar-refractivity contribution in [3.8, 4) is 0 Å². The van der Waals surface area contributed by atoms with E-state index < -0.39 is 0 Å². The first-order valence-corrected chi connectivity index (χ1v) is 5.86. The van der Waals surface area contributed by atoms with Gasteiger partial charge in [-0.3, -0.25) is 4.79 Å². The number of amides is 1. The standard InChI is InChI=1S/C11H20ClNO2/c1-7-9(5-6-15-7)10(14)13-11(3,4)8(2)12/h7-9H,5-6H2,1-4H3,(H,13,14). The van der Waals surface area contributed by atoms with Gasteiger partial charge in [-0.2, -0.15) is 0 Å². The lowest BCUT2D eigenvalue weighted by Gasteiger charge is -2.30. The highest BCUT2D eigenvalue weighted by molar-refractivity contribution is 6.21. The maximum absolute atomic E-state index is 11.9. The van der Waals surface area contributed by atoms with Crippen LogP contribution in [0.15, 0.2) is 0 Å². The molecule has 1 aliphatic heterocycles. The van der Waals surface area contributed by atoms with Crippen molar-refractivity contribution in [1.82, 2.24) is 5.32 Å². The van der Waals surface area contributed by atoms with E-state index in [0.717, 1.165) is 6.42 Å². The summed E-state index contributed by atoms with van der Waals surface area (Å²) in [6, 6.07) is 0. The largest absolute Gasteiger partial charge is 0.378 e. The van der Waals surface area contributed by atoms with Crippen LogP contribution in [0, 0.1) is 5.92 Å². The maximum atomic E-state index is 11.9. The lowest BCUT2D eigenvalue weighted by atomic mass is 9.96. The highest BCUT2D eigenvalue weighted by atomic mass is 35.5. The second-order valence-electron chi connectivity index (χ2n) is 4.80. The quantitative estimate of drug-likeness (QED) is 0.757. The van der Waals surface area contributed by atoms with Gasteiger partial charge >= 0.3 is 0 Å².